The zero-order valence-electron chi connectivity index (χ0n) is 10.0. The highest BCUT2D eigenvalue weighted by Crippen LogP contribution is 2.18. The van der Waals surface area contributed by atoms with Gasteiger partial charge in [0.25, 0.3) is 0 Å². The zero-order chi connectivity index (χ0) is 11.5. The molecule has 0 bridgehead atoms. The van der Waals surface area contributed by atoms with E-state index in [1.165, 1.54) is 0 Å². The Balaban J connectivity index is 1.92. The van der Waals surface area contributed by atoms with Gasteiger partial charge in [-0.15, -0.1) is 0 Å². The molecular weight excluding hydrogens is 206 g/mol. The predicted octanol–water partition coefficient (Wildman–Crippen LogP) is -0.816. The van der Waals surface area contributed by atoms with Crippen molar-refractivity contribution in [3.8, 4) is 0 Å². The number of rotatable bonds is 2. The van der Waals surface area contributed by atoms with Crippen LogP contribution in [0.3, 0.4) is 0 Å². The van der Waals surface area contributed by atoms with Crippen LogP contribution in [0.1, 0.15) is 13.3 Å². The van der Waals surface area contributed by atoms with E-state index in [-0.39, 0.29) is 24.1 Å². The van der Waals surface area contributed by atoms with E-state index in [4.69, 9.17) is 4.74 Å². The van der Waals surface area contributed by atoms with E-state index in [1.807, 2.05) is 18.9 Å². The first-order chi connectivity index (χ1) is 7.70. The number of carbonyl (C=O) groups is 1. The normalized spacial score (nSPS) is 35.0. The van der Waals surface area contributed by atoms with Gasteiger partial charge in [-0.3, -0.25) is 4.79 Å². The van der Waals surface area contributed by atoms with Gasteiger partial charge in [-0.05, 0) is 13.3 Å². The van der Waals surface area contributed by atoms with Gasteiger partial charge in [0.05, 0.1) is 18.2 Å². The molecule has 92 valence electrons. The van der Waals surface area contributed by atoms with Gasteiger partial charge in [-0.1, -0.05) is 0 Å². The lowest BCUT2D eigenvalue weighted by Crippen LogP contribution is -2.58. The van der Waals surface area contributed by atoms with Crippen molar-refractivity contribution in [2.75, 3.05) is 33.3 Å². The maximum atomic E-state index is 12.2. The first kappa shape index (κ1) is 11.8. The molecule has 2 saturated heterocycles. The van der Waals surface area contributed by atoms with E-state index in [2.05, 4.69) is 10.6 Å². The molecule has 3 unspecified atom stereocenters. The Hall–Kier alpha value is -0.650. The fourth-order valence-corrected chi connectivity index (χ4v) is 2.47. The summed E-state index contributed by atoms with van der Waals surface area (Å²) in [5, 5.41) is 6.47. The highest BCUT2D eigenvalue weighted by atomic mass is 16.5. The van der Waals surface area contributed by atoms with Crippen LogP contribution in [-0.2, 0) is 9.53 Å². The molecule has 2 rings (SSSR count). The second-order valence-corrected chi connectivity index (χ2v) is 4.59. The Morgan fingerprint density at radius 2 is 2.25 bits per heavy atom. The molecule has 0 aromatic heterocycles. The van der Waals surface area contributed by atoms with Crippen LogP contribution >= 0.6 is 0 Å². The summed E-state index contributed by atoms with van der Waals surface area (Å²) in [7, 11) is 1.88. The molecule has 0 spiro atoms. The third-order valence-corrected chi connectivity index (χ3v) is 3.52. The summed E-state index contributed by atoms with van der Waals surface area (Å²) in [6.45, 7) is 5.33. The number of likely N-dealkylation sites (N-methyl/N-ethyl adjacent to an activating group) is 1. The monoisotopic (exact) mass is 227 g/mol. The minimum absolute atomic E-state index is 0.0773. The van der Waals surface area contributed by atoms with Gasteiger partial charge in [0.15, 0.2) is 0 Å². The lowest BCUT2D eigenvalue weighted by atomic mass is 10.1. The third kappa shape index (κ3) is 2.36. The molecule has 16 heavy (non-hydrogen) atoms. The number of amides is 1. The number of nitrogens with one attached hydrogen (secondary N) is 2. The average molecular weight is 227 g/mol. The van der Waals surface area contributed by atoms with Crippen molar-refractivity contribution < 1.29 is 9.53 Å². The Bertz CT molecular complexity index is 254. The summed E-state index contributed by atoms with van der Waals surface area (Å²) in [5.41, 5.74) is 0. The van der Waals surface area contributed by atoms with Crippen LogP contribution in [0.4, 0.5) is 0 Å². The quantitative estimate of drug-likeness (QED) is 0.647. The predicted molar refractivity (Wildman–Crippen MR) is 61.2 cm³/mol. The molecule has 0 aliphatic carbocycles. The Morgan fingerprint density at radius 3 is 2.81 bits per heavy atom. The van der Waals surface area contributed by atoms with Crippen LogP contribution in [-0.4, -0.2) is 62.3 Å². The highest BCUT2D eigenvalue weighted by Gasteiger charge is 2.33. The number of piperazine rings is 1. The van der Waals surface area contributed by atoms with Crippen LogP contribution < -0.4 is 10.6 Å². The first-order valence-corrected chi connectivity index (χ1v) is 6.02. The van der Waals surface area contributed by atoms with Crippen LogP contribution in [0.15, 0.2) is 0 Å². The van der Waals surface area contributed by atoms with Gasteiger partial charge in [0, 0.05) is 33.3 Å². The summed E-state index contributed by atoms with van der Waals surface area (Å²) >= 11 is 0. The van der Waals surface area contributed by atoms with Crippen molar-refractivity contribution in [3.05, 3.63) is 0 Å². The van der Waals surface area contributed by atoms with E-state index in [0.717, 1.165) is 32.7 Å². The molecule has 3 atom stereocenters. The fourth-order valence-electron chi connectivity index (χ4n) is 2.47. The standard InChI is InChI=1S/C11H21N3O2/c1-8-10(3-6-16-8)14(2)11(15)9-7-12-4-5-13-9/h8-10,12-13H,3-7H2,1-2H3. The van der Waals surface area contributed by atoms with E-state index in [9.17, 15) is 4.79 Å². The van der Waals surface area contributed by atoms with E-state index < -0.39 is 0 Å². The molecule has 0 radical (unpaired) electrons. The van der Waals surface area contributed by atoms with Crippen molar-refractivity contribution in [2.45, 2.75) is 31.5 Å². The van der Waals surface area contributed by atoms with E-state index in [0.29, 0.717) is 0 Å². The van der Waals surface area contributed by atoms with Gasteiger partial charge in [0.2, 0.25) is 5.91 Å². The summed E-state index contributed by atoms with van der Waals surface area (Å²) < 4.78 is 5.49. The average Bonchev–Trinajstić information content (AvgIpc) is 2.75. The molecule has 0 saturated carbocycles. The van der Waals surface area contributed by atoms with E-state index in [1.54, 1.807) is 0 Å². The Labute approximate surface area is 96.5 Å². The van der Waals surface area contributed by atoms with Gasteiger partial charge in [-0.2, -0.15) is 0 Å². The van der Waals surface area contributed by atoms with Gasteiger partial charge >= 0.3 is 0 Å². The largest absolute Gasteiger partial charge is 0.376 e. The maximum Gasteiger partial charge on any atom is 0.241 e. The van der Waals surface area contributed by atoms with Crippen LogP contribution in [0, 0.1) is 0 Å². The SMILES string of the molecule is CC1OCCC1N(C)C(=O)C1CNCCN1. The van der Waals surface area contributed by atoms with Crippen molar-refractivity contribution >= 4 is 5.91 Å². The Morgan fingerprint density at radius 1 is 1.44 bits per heavy atom. The topological polar surface area (TPSA) is 53.6 Å². The van der Waals surface area contributed by atoms with Crippen molar-refractivity contribution in [1.29, 1.82) is 0 Å². The molecule has 2 aliphatic rings. The lowest BCUT2D eigenvalue weighted by Gasteiger charge is -2.32. The molecule has 5 nitrogen and oxygen atoms in total. The molecule has 0 aromatic carbocycles. The third-order valence-electron chi connectivity index (χ3n) is 3.52. The van der Waals surface area contributed by atoms with Crippen molar-refractivity contribution in [2.24, 2.45) is 0 Å². The van der Waals surface area contributed by atoms with Gasteiger partial charge in [-0.25, -0.2) is 0 Å². The molecule has 2 fully saturated rings. The number of hydrogen-bond donors (Lipinski definition) is 2. The van der Waals surface area contributed by atoms with Crippen LogP contribution in [0.25, 0.3) is 0 Å². The fraction of sp³-hybridized carbons (Fsp3) is 0.909. The number of ether oxygens (including phenoxy) is 1. The molecular formula is C11H21N3O2. The lowest BCUT2D eigenvalue weighted by molar-refractivity contribution is -0.135. The number of nitrogens with zero attached hydrogens (tertiary/aromatic N) is 1. The minimum Gasteiger partial charge on any atom is -0.376 e. The minimum atomic E-state index is -0.0773. The molecule has 2 aliphatic heterocycles. The van der Waals surface area contributed by atoms with Gasteiger partial charge in [0.1, 0.15) is 0 Å². The zero-order valence-corrected chi connectivity index (χ0v) is 10.0. The first-order valence-electron chi connectivity index (χ1n) is 6.02. The van der Waals surface area contributed by atoms with Crippen molar-refractivity contribution in [1.82, 2.24) is 15.5 Å². The second-order valence-electron chi connectivity index (χ2n) is 4.59. The molecule has 2 N–H and O–H groups in total. The van der Waals surface area contributed by atoms with Crippen molar-refractivity contribution in [3.63, 3.8) is 0 Å². The van der Waals surface area contributed by atoms with E-state index >= 15 is 0 Å². The number of hydrogen-bond acceptors (Lipinski definition) is 4. The molecule has 2 heterocycles. The summed E-state index contributed by atoms with van der Waals surface area (Å²) in [6, 6.07) is 0.155. The Kier molecular flexibility index (Phi) is 3.78. The van der Waals surface area contributed by atoms with Crippen LogP contribution in [0.2, 0.25) is 0 Å². The summed E-state index contributed by atoms with van der Waals surface area (Å²) in [6.07, 6.45) is 1.11. The highest BCUT2D eigenvalue weighted by molar-refractivity contribution is 5.82. The smallest absolute Gasteiger partial charge is 0.241 e. The number of carbonyl (C=O) groups excluding carboxylic acids is 1. The second kappa shape index (κ2) is 5.12. The van der Waals surface area contributed by atoms with Gasteiger partial charge < -0.3 is 20.3 Å². The molecule has 0 aromatic rings. The van der Waals surface area contributed by atoms with Crippen LogP contribution in [0.5, 0.6) is 0 Å². The molecule has 1 amide bonds. The maximum absolute atomic E-state index is 12.2. The summed E-state index contributed by atoms with van der Waals surface area (Å²) in [5.74, 6) is 0.176. The molecule has 5 heteroatoms. The summed E-state index contributed by atoms with van der Waals surface area (Å²) in [4.78, 5) is 14.0.